The Hall–Kier alpha value is -3.49. The number of ether oxygens (including phenoxy) is 1. The van der Waals surface area contributed by atoms with Crippen LogP contribution in [0.25, 0.3) is 5.82 Å². The van der Waals surface area contributed by atoms with Crippen LogP contribution in [0.3, 0.4) is 0 Å². The first-order valence-electron chi connectivity index (χ1n) is 9.34. The lowest BCUT2D eigenvalue weighted by Crippen LogP contribution is -2.50. The molecular weight excluding hydrogens is 375 g/mol. The standard InChI is InChI=1S/C20H21FN6O2/c1-15-6-7-27(24-15)19-12-18(22-14-23-19)25-8-10-26(11-9-25)20(28)13-29-17-4-2-16(21)3-5-17/h2-7,12,14H,8-11,13H2,1H3. The molecule has 3 heterocycles. The molecule has 0 atom stereocenters. The van der Waals surface area contributed by atoms with Crippen molar-refractivity contribution in [1.82, 2.24) is 24.6 Å². The largest absolute Gasteiger partial charge is 0.484 e. The normalized spacial score (nSPS) is 14.1. The van der Waals surface area contributed by atoms with E-state index in [1.807, 2.05) is 25.3 Å². The number of aromatic nitrogens is 4. The van der Waals surface area contributed by atoms with Crippen molar-refractivity contribution in [3.8, 4) is 11.6 Å². The maximum absolute atomic E-state index is 12.9. The molecule has 150 valence electrons. The smallest absolute Gasteiger partial charge is 0.260 e. The molecule has 0 N–H and O–H groups in total. The number of piperazine rings is 1. The van der Waals surface area contributed by atoms with Crippen molar-refractivity contribution >= 4 is 11.7 Å². The van der Waals surface area contributed by atoms with E-state index < -0.39 is 0 Å². The molecule has 3 aromatic rings. The van der Waals surface area contributed by atoms with Crippen LogP contribution < -0.4 is 9.64 Å². The lowest BCUT2D eigenvalue weighted by molar-refractivity contribution is -0.133. The molecule has 1 amide bonds. The maximum atomic E-state index is 12.9. The molecule has 29 heavy (non-hydrogen) atoms. The van der Waals surface area contributed by atoms with Gasteiger partial charge < -0.3 is 14.5 Å². The summed E-state index contributed by atoms with van der Waals surface area (Å²) in [6.45, 7) is 4.34. The molecule has 0 unspecified atom stereocenters. The second-order valence-electron chi connectivity index (χ2n) is 6.75. The number of carbonyl (C=O) groups excluding carboxylic acids is 1. The molecule has 0 radical (unpaired) electrons. The summed E-state index contributed by atoms with van der Waals surface area (Å²) in [7, 11) is 0. The molecule has 8 nitrogen and oxygen atoms in total. The number of hydrogen-bond acceptors (Lipinski definition) is 6. The van der Waals surface area contributed by atoms with Gasteiger partial charge in [0.25, 0.3) is 5.91 Å². The molecule has 4 rings (SSSR count). The van der Waals surface area contributed by atoms with E-state index in [4.69, 9.17) is 4.74 Å². The Morgan fingerprint density at radius 1 is 1.07 bits per heavy atom. The molecular formula is C20H21FN6O2. The molecule has 1 saturated heterocycles. The van der Waals surface area contributed by atoms with Gasteiger partial charge in [0, 0.05) is 38.4 Å². The van der Waals surface area contributed by atoms with E-state index in [0.29, 0.717) is 37.7 Å². The monoisotopic (exact) mass is 396 g/mol. The number of nitrogens with zero attached hydrogens (tertiary/aromatic N) is 6. The van der Waals surface area contributed by atoms with Gasteiger partial charge in [0.15, 0.2) is 12.4 Å². The summed E-state index contributed by atoms with van der Waals surface area (Å²) in [4.78, 5) is 24.9. The molecule has 9 heteroatoms. The van der Waals surface area contributed by atoms with Crippen molar-refractivity contribution in [1.29, 1.82) is 0 Å². The predicted molar refractivity (Wildman–Crippen MR) is 105 cm³/mol. The second-order valence-corrected chi connectivity index (χ2v) is 6.75. The zero-order valence-electron chi connectivity index (χ0n) is 16.0. The first-order valence-corrected chi connectivity index (χ1v) is 9.34. The van der Waals surface area contributed by atoms with Gasteiger partial charge in [-0.3, -0.25) is 4.79 Å². The fourth-order valence-corrected chi connectivity index (χ4v) is 3.13. The zero-order chi connectivity index (χ0) is 20.2. The van der Waals surface area contributed by atoms with Crippen LogP contribution in [0.15, 0.2) is 48.9 Å². The van der Waals surface area contributed by atoms with Crippen molar-refractivity contribution in [2.24, 2.45) is 0 Å². The van der Waals surface area contributed by atoms with Crippen molar-refractivity contribution in [3.63, 3.8) is 0 Å². The Balaban J connectivity index is 1.32. The van der Waals surface area contributed by atoms with Gasteiger partial charge in [-0.1, -0.05) is 0 Å². The fourth-order valence-electron chi connectivity index (χ4n) is 3.13. The van der Waals surface area contributed by atoms with Gasteiger partial charge in [0.05, 0.1) is 5.69 Å². The van der Waals surface area contributed by atoms with E-state index in [1.165, 1.54) is 30.6 Å². The molecule has 1 aliphatic heterocycles. The molecule has 0 spiro atoms. The molecule has 1 aromatic carbocycles. The topological polar surface area (TPSA) is 76.4 Å². The number of amides is 1. The second kappa shape index (κ2) is 8.26. The lowest BCUT2D eigenvalue weighted by atomic mass is 10.3. The Labute approximate surface area is 167 Å². The Kier molecular flexibility index (Phi) is 5.37. The highest BCUT2D eigenvalue weighted by Gasteiger charge is 2.22. The number of benzene rings is 1. The summed E-state index contributed by atoms with van der Waals surface area (Å²) >= 11 is 0. The fraction of sp³-hybridized carbons (Fsp3) is 0.300. The highest BCUT2D eigenvalue weighted by atomic mass is 19.1. The van der Waals surface area contributed by atoms with Crippen molar-refractivity contribution < 1.29 is 13.9 Å². The van der Waals surface area contributed by atoms with Gasteiger partial charge in [-0.2, -0.15) is 5.10 Å². The van der Waals surface area contributed by atoms with E-state index in [1.54, 1.807) is 9.58 Å². The van der Waals surface area contributed by atoms with Gasteiger partial charge in [-0.05, 0) is 37.3 Å². The first kappa shape index (κ1) is 18.9. The average molecular weight is 396 g/mol. The van der Waals surface area contributed by atoms with Crippen molar-refractivity contribution in [3.05, 3.63) is 60.4 Å². The van der Waals surface area contributed by atoms with Crippen LogP contribution in [0, 0.1) is 12.7 Å². The predicted octanol–water partition coefficient (Wildman–Crippen LogP) is 1.84. The maximum Gasteiger partial charge on any atom is 0.260 e. The van der Waals surface area contributed by atoms with E-state index in [-0.39, 0.29) is 18.3 Å². The summed E-state index contributed by atoms with van der Waals surface area (Å²) in [5, 5.41) is 4.37. The van der Waals surface area contributed by atoms with E-state index in [9.17, 15) is 9.18 Å². The average Bonchev–Trinajstić information content (AvgIpc) is 3.20. The van der Waals surface area contributed by atoms with Crippen LogP contribution >= 0.6 is 0 Å². The van der Waals surface area contributed by atoms with Crippen LogP contribution in [0.2, 0.25) is 0 Å². The SMILES string of the molecule is Cc1ccn(-c2cc(N3CCN(C(=O)COc4ccc(F)cc4)CC3)ncn2)n1. The van der Waals surface area contributed by atoms with Gasteiger partial charge in [0.1, 0.15) is 23.7 Å². The minimum absolute atomic E-state index is 0.0675. The number of anilines is 1. The summed E-state index contributed by atoms with van der Waals surface area (Å²) in [5.41, 5.74) is 0.917. The molecule has 2 aromatic heterocycles. The Bertz CT molecular complexity index is 983. The van der Waals surface area contributed by atoms with Gasteiger partial charge in [-0.15, -0.1) is 0 Å². The highest BCUT2D eigenvalue weighted by Crippen LogP contribution is 2.16. The van der Waals surface area contributed by atoms with Crippen LogP contribution in [0.1, 0.15) is 5.69 Å². The van der Waals surface area contributed by atoms with Gasteiger partial charge >= 0.3 is 0 Å². The number of carbonyl (C=O) groups is 1. The highest BCUT2D eigenvalue weighted by molar-refractivity contribution is 5.78. The Morgan fingerprint density at radius 2 is 1.79 bits per heavy atom. The van der Waals surface area contributed by atoms with E-state index in [0.717, 1.165) is 11.5 Å². The number of hydrogen-bond donors (Lipinski definition) is 0. The quantitative estimate of drug-likeness (QED) is 0.655. The third-order valence-corrected chi connectivity index (χ3v) is 4.73. The van der Waals surface area contributed by atoms with Crippen molar-refractivity contribution in [2.45, 2.75) is 6.92 Å². The van der Waals surface area contributed by atoms with Gasteiger partial charge in [0.2, 0.25) is 0 Å². The minimum atomic E-state index is -0.338. The molecule has 0 bridgehead atoms. The van der Waals surface area contributed by atoms with Crippen LogP contribution in [-0.2, 0) is 4.79 Å². The van der Waals surface area contributed by atoms with Gasteiger partial charge in [-0.25, -0.2) is 19.0 Å². The van der Waals surface area contributed by atoms with Crippen LogP contribution in [0.5, 0.6) is 5.75 Å². The summed E-state index contributed by atoms with van der Waals surface area (Å²) in [6.07, 6.45) is 3.38. The van der Waals surface area contributed by atoms with Crippen molar-refractivity contribution in [2.75, 3.05) is 37.7 Å². The van der Waals surface area contributed by atoms with E-state index in [2.05, 4.69) is 20.0 Å². The number of halogens is 1. The molecule has 1 fully saturated rings. The first-order chi connectivity index (χ1) is 14.1. The molecule has 1 aliphatic rings. The summed E-state index contributed by atoms with van der Waals surface area (Å²) in [5.74, 6) is 1.55. The Morgan fingerprint density at radius 3 is 2.48 bits per heavy atom. The number of rotatable bonds is 5. The third-order valence-electron chi connectivity index (χ3n) is 4.73. The lowest BCUT2D eigenvalue weighted by Gasteiger charge is -2.35. The molecule has 0 aliphatic carbocycles. The summed E-state index contributed by atoms with van der Waals surface area (Å²) < 4.78 is 20.1. The third kappa shape index (κ3) is 4.50. The number of aryl methyl sites for hydroxylation is 1. The van der Waals surface area contributed by atoms with Crippen LogP contribution in [-0.4, -0.2) is 63.3 Å². The minimum Gasteiger partial charge on any atom is -0.484 e. The zero-order valence-corrected chi connectivity index (χ0v) is 16.0. The van der Waals surface area contributed by atoms with Crippen LogP contribution in [0.4, 0.5) is 10.2 Å². The molecule has 0 saturated carbocycles. The van der Waals surface area contributed by atoms with E-state index >= 15 is 0 Å². The summed E-state index contributed by atoms with van der Waals surface area (Å²) in [6, 6.07) is 9.43.